The Bertz CT molecular complexity index is 382. The van der Waals surface area contributed by atoms with Crippen molar-refractivity contribution in [1.29, 1.82) is 0 Å². The lowest BCUT2D eigenvalue weighted by Crippen LogP contribution is -2.39. The summed E-state index contributed by atoms with van der Waals surface area (Å²) < 4.78 is 13.8. The van der Waals surface area contributed by atoms with Crippen LogP contribution in [0.3, 0.4) is 0 Å². The minimum atomic E-state index is -0.235. The molecule has 0 aromatic heterocycles. The smallest absolute Gasteiger partial charge is 0.137 e. The Hall–Kier alpha value is -0.450. The molecule has 0 aliphatic rings. The molecule has 1 aromatic rings. The average molecular weight is 317 g/mol. The Morgan fingerprint density at radius 1 is 1.39 bits per heavy atom. The van der Waals surface area contributed by atoms with Gasteiger partial charge in [0.05, 0.1) is 4.47 Å². The van der Waals surface area contributed by atoms with E-state index in [1.807, 2.05) is 12.1 Å². The first-order valence-electron chi connectivity index (χ1n) is 6.42. The summed E-state index contributed by atoms with van der Waals surface area (Å²) in [6.45, 7) is 8.02. The van der Waals surface area contributed by atoms with Crippen LogP contribution < -0.4 is 5.73 Å². The third kappa shape index (κ3) is 3.77. The molecule has 4 heteroatoms. The molecule has 0 heterocycles. The van der Waals surface area contributed by atoms with Crippen molar-refractivity contribution in [3.8, 4) is 0 Å². The minimum Gasteiger partial charge on any atom is -0.329 e. The monoisotopic (exact) mass is 316 g/mol. The second-order valence-corrected chi connectivity index (χ2v) is 5.61. The number of halogens is 2. The lowest BCUT2D eigenvalue weighted by atomic mass is 10.0. The molecule has 0 radical (unpaired) electrons. The third-order valence-corrected chi connectivity index (χ3v) is 3.70. The van der Waals surface area contributed by atoms with Gasteiger partial charge in [-0.2, -0.15) is 0 Å². The van der Waals surface area contributed by atoms with Gasteiger partial charge in [0.2, 0.25) is 0 Å². The van der Waals surface area contributed by atoms with Crippen LogP contribution in [0.4, 0.5) is 4.39 Å². The van der Waals surface area contributed by atoms with Gasteiger partial charge in [0.1, 0.15) is 5.82 Å². The van der Waals surface area contributed by atoms with Crippen molar-refractivity contribution in [3.05, 3.63) is 34.1 Å². The lowest BCUT2D eigenvalue weighted by molar-refractivity contribution is 0.157. The van der Waals surface area contributed by atoms with Crippen LogP contribution in [0.1, 0.15) is 38.8 Å². The molecule has 0 aliphatic carbocycles. The quantitative estimate of drug-likeness (QED) is 0.867. The van der Waals surface area contributed by atoms with E-state index in [4.69, 9.17) is 5.73 Å². The molecule has 0 amide bonds. The molecule has 0 spiro atoms. The Labute approximate surface area is 117 Å². The molecule has 0 saturated heterocycles. The molecule has 102 valence electrons. The molecule has 0 saturated carbocycles. The first kappa shape index (κ1) is 15.6. The number of nitrogens with two attached hydrogens (primary N) is 1. The number of hydrogen-bond acceptors (Lipinski definition) is 2. The van der Waals surface area contributed by atoms with Crippen LogP contribution in [0.5, 0.6) is 0 Å². The molecule has 0 aliphatic heterocycles. The zero-order valence-corrected chi connectivity index (χ0v) is 12.9. The maximum Gasteiger partial charge on any atom is 0.137 e. The van der Waals surface area contributed by atoms with Crippen molar-refractivity contribution in [3.63, 3.8) is 0 Å². The van der Waals surface area contributed by atoms with Gasteiger partial charge in [-0.3, -0.25) is 4.90 Å². The standard InChI is InChI=1S/C14H22BrFN2/c1-4-7-18(10(2)3)14(9-17)11-5-6-13(16)12(15)8-11/h5-6,8,10,14H,4,7,9,17H2,1-3H3. The summed E-state index contributed by atoms with van der Waals surface area (Å²) >= 11 is 3.23. The first-order chi connectivity index (χ1) is 8.51. The molecule has 1 unspecified atom stereocenters. The number of rotatable bonds is 6. The highest BCUT2D eigenvalue weighted by molar-refractivity contribution is 9.10. The van der Waals surface area contributed by atoms with E-state index in [1.165, 1.54) is 6.07 Å². The molecular weight excluding hydrogens is 295 g/mol. The van der Waals surface area contributed by atoms with E-state index in [0.717, 1.165) is 18.5 Å². The summed E-state index contributed by atoms with van der Waals surface area (Å²) in [7, 11) is 0. The average Bonchev–Trinajstić information content (AvgIpc) is 2.33. The summed E-state index contributed by atoms with van der Waals surface area (Å²) in [6, 6.07) is 5.71. The van der Waals surface area contributed by atoms with Crippen LogP contribution in [0, 0.1) is 5.82 Å². The zero-order chi connectivity index (χ0) is 13.7. The lowest BCUT2D eigenvalue weighted by Gasteiger charge is -2.34. The van der Waals surface area contributed by atoms with Crippen LogP contribution in [0.25, 0.3) is 0 Å². The molecule has 1 atom stereocenters. The summed E-state index contributed by atoms with van der Waals surface area (Å²) in [5.41, 5.74) is 6.97. The van der Waals surface area contributed by atoms with Gasteiger partial charge >= 0.3 is 0 Å². The van der Waals surface area contributed by atoms with Crippen LogP contribution in [0.15, 0.2) is 22.7 Å². The Morgan fingerprint density at radius 2 is 2.06 bits per heavy atom. The van der Waals surface area contributed by atoms with E-state index in [2.05, 4.69) is 41.6 Å². The van der Waals surface area contributed by atoms with Gasteiger partial charge in [-0.1, -0.05) is 13.0 Å². The van der Waals surface area contributed by atoms with E-state index in [0.29, 0.717) is 17.1 Å². The van der Waals surface area contributed by atoms with Gasteiger partial charge in [-0.05, 0) is 60.4 Å². The first-order valence-corrected chi connectivity index (χ1v) is 7.21. The van der Waals surface area contributed by atoms with Gasteiger partial charge in [0.15, 0.2) is 0 Å². The van der Waals surface area contributed by atoms with E-state index < -0.39 is 0 Å². The number of nitrogens with zero attached hydrogens (tertiary/aromatic N) is 1. The predicted molar refractivity (Wildman–Crippen MR) is 78.0 cm³/mol. The highest BCUT2D eigenvalue weighted by Crippen LogP contribution is 2.26. The van der Waals surface area contributed by atoms with E-state index in [9.17, 15) is 4.39 Å². The van der Waals surface area contributed by atoms with E-state index in [1.54, 1.807) is 0 Å². The molecule has 1 aromatic carbocycles. The molecule has 1 rings (SSSR count). The topological polar surface area (TPSA) is 29.3 Å². The zero-order valence-electron chi connectivity index (χ0n) is 11.3. The van der Waals surface area contributed by atoms with Crippen molar-refractivity contribution in [2.45, 2.75) is 39.3 Å². The van der Waals surface area contributed by atoms with Crippen LogP contribution in [-0.4, -0.2) is 24.0 Å². The van der Waals surface area contributed by atoms with Crippen molar-refractivity contribution < 1.29 is 4.39 Å². The fourth-order valence-corrected chi connectivity index (χ4v) is 2.61. The normalized spacial score (nSPS) is 13.3. The largest absolute Gasteiger partial charge is 0.329 e. The van der Waals surface area contributed by atoms with Crippen LogP contribution in [-0.2, 0) is 0 Å². The van der Waals surface area contributed by atoms with Gasteiger partial charge < -0.3 is 5.73 Å². The maximum absolute atomic E-state index is 13.3. The van der Waals surface area contributed by atoms with Crippen molar-refractivity contribution in [2.24, 2.45) is 5.73 Å². The van der Waals surface area contributed by atoms with Crippen molar-refractivity contribution in [1.82, 2.24) is 4.90 Å². The van der Waals surface area contributed by atoms with Gasteiger partial charge in [0.25, 0.3) is 0 Å². The summed E-state index contributed by atoms with van der Waals surface area (Å²) in [4.78, 5) is 2.36. The Balaban J connectivity index is 3.02. The number of hydrogen-bond donors (Lipinski definition) is 1. The highest BCUT2D eigenvalue weighted by Gasteiger charge is 2.21. The minimum absolute atomic E-state index is 0.141. The molecule has 18 heavy (non-hydrogen) atoms. The fourth-order valence-electron chi connectivity index (χ4n) is 2.21. The Morgan fingerprint density at radius 3 is 2.50 bits per heavy atom. The van der Waals surface area contributed by atoms with E-state index in [-0.39, 0.29) is 11.9 Å². The summed E-state index contributed by atoms with van der Waals surface area (Å²) in [5.74, 6) is -0.235. The van der Waals surface area contributed by atoms with Crippen LogP contribution >= 0.6 is 15.9 Å². The van der Waals surface area contributed by atoms with Crippen LogP contribution in [0.2, 0.25) is 0 Å². The fraction of sp³-hybridized carbons (Fsp3) is 0.571. The van der Waals surface area contributed by atoms with Gasteiger partial charge in [-0.15, -0.1) is 0 Å². The third-order valence-electron chi connectivity index (χ3n) is 3.10. The van der Waals surface area contributed by atoms with Gasteiger partial charge in [0, 0.05) is 18.6 Å². The van der Waals surface area contributed by atoms with Crippen molar-refractivity contribution >= 4 is 15.9 Å². The maximum atomic E-state index is 13.3. The van der Waals surface area contributed by atoms with E-state index >= 15 is 0 Å². The second-order valence-electron chi connectivity index (χ2n) is 4.76. The molecular formula is C14H22BrFN2. The SMILES string of the molecule is CCCN(C(C)C)C(CN)c1ccc(F)c(Br)c1. The number of benzene rings is 1. The molecule has 2 N–H and O–H groups in total. The molecule has 0 fully saturated rings. The summed E-state index contributed by atoms with van der Waals surface area (Å²) in [6.07, 6.45) is 1.08. The van der Waals surface area contributed by atoms with Crippen molar-refractivity contribution in [2.75, 3.05) is 13.1 Å². The molecule has 0 bridgehead atoms. The Kier molecular flexibility index (Phi) is 6.26. The highest BCUT2D eigenvalue weighted by atomic mass is 79.9. The second kappa shape index (κ2) is 7.22. The predicted octanol–water partition coefficient (Wildman–Crippen LogP) is 3.71. The molecule has 2 nitrogen and oxygen atoms in total. The summed E-state index contributed by atoms with van der Waals surface area (Å²) in [5, 5.41) is 0. The van der Waals surface area contributed by atoms with Gasteiger partial charge in [-0.25, -0.2) is 4.39 Å².